The zero-order chi connectivity index (χ0) is 20.5. The predicted octanol–water partition coefficient (Wildman–Crippen LogP) is 2.39. The van der Waals surface area contributed by atoms with E-state index in [1.54, 1.807) is 0 Å². The van der Waals surface area contributed by atoms with E-state index in [1.807, 2.05) is 72.2 Å². The molecule has 0 aliphatic carbocycles. The van der Waals surface area contributed by atoms with Crippen LogP contribution in [-0.2, 0) is 9.59 Å². The van der Waals surface area contributed by atoms with Crippen LogP contribution in [0.3, 0.4) is 0 Å². The highest BCUT2D eigenvalue weighted by Gasteiger charge is 2.44. The Kier molecular flexibility index (Phi) is 5.20. The minimum atomic E-state index is -0.447. The second-order valence-electron chi connectivity index (χ2n) is 7.77. The molecule has 0 N–H and O–H groups in total. The van der Waals surface area contributed by atoms with Crippen LogP contribution in [0.5, 0.6) is 0 Å². The van der Waals surface area contributed by atoms with Crippen molar-refractivity contribution in [3.05, 3.63) is 65.2 Å². The van der Waals surface area contributed by atoms with Gasteiger partial charge in [0.15, 0.2) is 0 Å². The van der Waals surface area contributed by atoms with Crippen molar-refractivity contribution in [1.29, 1.82) is 0 Å². The first kappa shape index (κ1) is 19.3. The first-order chi connectivity index (χ1) is 14.0. The average Bonchev–Trinajstić information content (AvgIpc) is 3.02. The Labute approximate surface area is 170 Å². The van der Waals surface area contributed by atoms with Gasteiger partial charge in [-0.1, -0.05) is 35.9 Å². The Morgan fingerprint density at radius 2 is 1.62 bits per heavy atom. The van der Waals surface area contributed by atoms with Gasteiger partial charge in [0, 0.05) is 31.7 Å². The van der Waals surface area contributed by atoms with Gasteiger partial charge in [0.1, 0.15) is 0 Å². The lowest BCUT2D eigenvalue weighted by molar-refractivity contribution is -0.123. The Bertz CT molecular complexity index is 949. The van der Waals surface area contributed by atoms with E-state index in [4.69, 9.17) is 0 Å². The normalized spacial score (nSPS) is 20.4. The summed E-state index contributed by atoms with van der Waals surface area (Å²) in [6, 6.07) is 14.5. The third-order valence-corrected chi connectivity index (χ3v) is 5.78. The fraction of sp³-hybridized carbons (Fsp3) is 0.348. The lowest BCUT2D eigenvalue weighted by Crippen LogP contribution is -2.53. The van der Waals surface area contributed by atoms with E-state index in [1.165, 1.54) is 4.90 Å². The van der Waals surface area contributed by atoms with Crippen LogP contribution in [0, 0.1) is 13.8 Å². The van der Waals surface area contributed by atoms with Crippen LogP contribution in [0.4, 0.5) is 5.69 Å². The Balaban J connectivity index is 1.43. The number of aryl methyl sites for hydroxylation is 2. The van der Waals surface area contributed by atoms with E-state index in [9.17, 15) is 14.4 Å². The summed E-state index contributed by atoms with van der Waals surface area (Å²) in [6.07, 6.45) is 0.193. The summed E-state index contributed by atoms with van der Waals surface area (Å²) in [5.74, 6) is -0.310. The van der Waals surface area contributed by atoms with Gasteiger partial charge in [-0.05, 0) is 37.6 Å². The van der Waals surface area contributed by atoms with Gasteiger partial charge in [0.25, 0.3) is 11.8 Å². The maximum absolute atomic E-state index is 13.1. The minimum absolute atomic E-state index is 0.0102. The highest BCUT2D eigenvalue weighted by atomic mass is 16.2. The maximum atomic E-state index is 13.1. The van der Waals surface area contributed by atoms with Crippen LogP contribution in [0.2, 0.25) is 0 Å². The van der Waals surface area contributed by atoms with Gasteiger partial charge in [-0.15, -0.1) is 0 Å². The minimum Gasteiger partial charge on any atom is -0.336 e. The Hall–Kier alpha value is -2.99. The smallest absolute Gasteiger partial charge is 0.253 e. The number of piperazine rings is 1. The zero-order valence-corrected chi connectivity index (χ0v) is 16.8. The summed E-state index contributed by atoms with van der Waals surface area (Å²) in [4.78, 5) is 43.5. The SMILES string of the molecule is Cc1ccc(N2C(=O)C[C@@H](N3CCN(C(=O)c4ccccc4)CC3)C2=O)c(C)c1. The van der Waals surface area contributed by atoms with Gasteiger partial charge in [0.2, 0.25) is 5.91 Å². The second-order valence-corrected chi connectivity index (χ2v) is 7.77. The third kappa shape index (κ3) is 3.68. The van der Waals surface area contributed by atoms with Crippen molar-refractivity contribution in [3.63, 3.8) is 0 Å². The van der Waals surface area contributed by atoms with Gasteiger partial charge in [-0.2, -0.15) is 0 Å². The number of rotatable bonds is 3. The number of anilines is 1. The number of nitrogens with zero attached hydrogens (tertiary/aromatic N) is 3. The van der Waals surface area contributed by atoms with Crippen LogP contribution in [0.25, 0.3) is 0 Å². The summed E-state index contributed by atoms with van der Waals surface area (Å²) in [6.45, 7) is 6.18. The molecule has 2 aliphatic rings. The number of benzene rings is 2. The molecule has 2 fully saturated rings. The molecule has 1 atom stereocenters. The van der Waals surface area contributed by atoms with Gasteiger partial charge in [0.05, 0.1) is 18.2 Å². The largest absolute Gasteiger partial charge is 0.336 e. The molecule has 3 amide bonds. The number of hydrogen-bond acceptors (Lipinski definition) is 4. The summed E-state index contributed by atoms with van der Waals surface area (Å²) in [5.41, 5.74) is 3.37. The first-order valence-corrected chi connectivity index (χ1v) is 9.98. The summed E-state index contributed by atoms with van der Waals surface area (Å²) in [7, 11) is 0. The highest BCUT2D eigenvalue weighted by molar-refractivity contribution is 6.22. The molecule has 0 bridgehead atoms. The maximum Gasteiger partial charge on any atom is 0.253 e. The van der Waals surface area contributed by atoms with Crippen molar-refractivity contribution in [1.82, 2.24) is 9.80 Å². The third-order valence-electron chi connectivity index (χ3n) is 5.78. The molecule has 2 heterocycles. The predicted molar refractivity (Wildman–Crippen MR) is 111 cm³/mol. The van der Waals surface area contributed by atoms with E-state index >= 15 is 0 Å². The number of carbonyl (C=O) groups excluding carboxylic acids is 3. The monoisotopic (exact) mass is 391 g/mol. The zero-order valence-electron chi connectivity index (χ0n) is 16.8. The quantitative estimate of drug-likeness (QED) is 0.754. The molecule has 0 unspecified atom stereocenters. The molecule has 2 saturated heterocycles. The molecule has 0 aromatic heterocycles. The second kappa shape index (κ2) is 7.79. The summed E-state index contributed by atoms with van der Waals surface area (Å²) >= 11 is 0. The van der Waals surface area contributed by atoms with Crippen molar-refractivity contribution < 1.29 is 14.4 Å². The van der Waals surface area contributed by atoms with Crippen LogP contribution in [0.15, 0.2) is 48.5 Å². The van der Waals surface area contributed by atoms with Gasteiger partial charge < -0.3 is 4.90 Å². The van der Waals surface area contributed by atoms with Crippen molar-refractivity contribution in [2.45, 2.75) is 26.3 Å². The molecular formula is C23H25N3O3. The number of amides is 3. The summed E-state index contributed by atoms with van der Waals surface area (Å²) < 4.78 is 0. The molecule has 6 heteroatoms. The van der Waals surface area contributed by atoms with Crippen LogP contribution in [0.1, 0.15) is 27.9 Å². The highest BCUT2D eigenvalue weighted by Crippen LogP contribution is 2.29. The Morgan fingerprint density at radius 1 is 0.931 bits per heavy atom. The van der Waals surface area contributed by atoms with Crippen molar-refractivity contribution in [2.24, 2.45) is 0 Å². The topological polar surface area (TPSA) is 60.9 Å². The molecule has 0 saturated carbocycles. The molecular weight excluding hydrogens is 366 g/mol. The average molecular weight is 391 g/mol. The standard InChI is InChI=1S/C23H25N3O3/c1-16-8-9-19(17(2)14-16)26-21(27)15-20(23(26)29)24-10-12-25(13-11-24)22(28)18-6-4-3-5-7-18/h3-9,14,20H,10-13,15H2,1-2H3/t20-/m1/s1. The van der Waals surface area contributed by atoms with E-state index in [0.29, 0.717) is 37.4 Å². The van der Waals surface area contributed by atoms with Gasteiger partial charge in [-0.3, -0.25) is 19.3 Å². The fourth-order valence-electron chi connectivity index (χ4n) is 4.21. The van der Waals surface area contributed by atoms with Crippen LogP contribution < -0.4 is 4.90 Å². The van der Waals surface area contributed by atoms with Crippen molar-refractivity contribution in [2.75, 3.05) is 31.1 Å². The first-order valence-electron chi connectivity index (χ1n) is 9.98. The van der Waals surface area contributed by atoms with Crippen molar-refractivity contribution in [3.8, 4) is 0 Å². The molecule has 6 nitrogen and oxygen atoms in total. The van der Waals surface area contributed by atoms with E-state index in [-0.39, 0.29) is 24.1 Å². The van der Waals surface area contributed by atoms with E-state index < -0.39 is 6.04 Å². The lowest BCUT2D eigenvalue weighted by atomic mass is 10.1. The molecule has 0 spiro atoms. The van der Waals surface area contributed by atoms with E-state index in [0.717, 1.165) is 11.1 Å². The molecule has 0 radical (unpaired) electrons. The molecule has 2 aliphatic heterocycles. The number of carbonyl (C=O) groups is 3. The lowest BCUT2D eigenvalue weighted by Gasteiger charge is -2.37. The number of imide groups is 1. The van der Waals surface area contributed by atoms with Gasteiger partial charge in [-0.25, -0.2) is 4.90 Å². The van der Waals surface area contributed by atoms with Crippen LogP contribution in [-0.4, -0.2) is 59.7 Å². The van der Waals surface area contributed by atoms with Crippen LogP contribution >= 0.6 is 0 Å². The molecule has 2 aromatic carbocycles. The number of hydrogen-bond donors (Lipinski definition) is 0. The van der Waals surface area contributed by atoms with E-state index in [2.05, 4.69) is 0 Å². The van der Waals surface area contributed by atoms with Gasteiger partial charge >= 0.3 is 0 Å². The molecule has 150 valence electrons. The molecule has 4 rings (SSSR count). The fourth-order valence-corrected chi connectivity index (χ4v) is 4.21. The Morgan fingerprint density at radius 3 is 2.28 bits per heavy atom. The summed E-state index contributed by atoms with van der Waals surface area (Å²) in [5, 5.41) is 0. The molecule has 29 heavy (non-hydrogen) atoms. The van der Waals surface area contributed by atoms with Crippen molar-refractivity contribution >= 4 is 23.4 Å². The molecule has 2 aromatic rings.